The van der Waals surface area contributed by atoms with Crippen molar-refractivity contribution in [2.24, 2.45) is 0 Å². The van der Waals surface area contributed by atoms with Gasteiger partial charge in [0.15, 0.2) is 0 Å². The molecule has 21 heavy (non-hydrogen) atoms. The van der Waals surface area contributed by atoms with Crippen LogP contribution in [-0.2, 0) is 4.74 Å². The van der Waals surface area contributed by atoms with Crippen molar-refractivity contribution in [2.75, 3.05) is 26.2 Å². The van der Waals surface area contributed by atoms with E-state index >= 15 is 0 Å². The van der Waals surface area contributed by atoms with Crippen molar-refractivity contribution in [3.8, 4) is 0 Å². The van der Waals surface area contributed by atoms with Gasteiger partial charge in [0, 0.05) is 19.6 Å². The molecule has 1 N–H and O–H groups in total. The predicted octanol–water partition coefficient (Wildman–Crippen LogP) is 2.79. The maximum Gasteiger partial charge on any atom is 0.0952 e. The summed E-state index contributed by atoms with van der Waals surface area (Å²) in [7, 11) is 0. The molecule has 0 aliphatic carbocycles. The van der Waals surface area contributed by atoms with Gasteiger partial charge in [-0.2, -0.15) is 0 Å². The van der Waals surface area contributed by atoms with Gasteiger partial charge in [-0.3, -0.25) is 4.90 Å². The van der Waals surface area contributed by atoms with E-state index in [9.17, 15) is 5.11 Å². The number of hydrogen-bond donors (Lipinski definition) is 1. The van der Waals surface area contributed by atoms with Crippen molar-refractivity contribution in [1.82, 2.24) is 4.90 Å². The Morgan fingerprint density at radius 2 is 1.71 bits per heavy atom. The Hall–Kier alpha value is -1.68. The molecule has 0 saturated carbocycles. The summed E-state index contributed by atoms with van der Waals surface area (Å²) in [5.41, 5.74) is 2.18. The fourth-order valence-corrected chi connectivity index (χ4v) is 2.76. The van der Waals surface area contributed by atoms with Crippen molar-refractivity contribution in [3.63, 3.8) is 0 Å². The largest absolute Gasteiger partial charge is 0.387 e. The quantitative estimate of drug-likeness (QED) is 0.936. The SMILES string of the molecule is OC(CN1CCOC(c2ccccc2)C1)c1ccccc1. The molecular formula is C18H21NO2. The number of aliphatic hydroxyl groups excluding tert-OH is 1. The van der Waals surface area contributed by atoms with Crippen molar-refractivity contribution >= 4 is 0 Å². The normalized spacial score (nSPS) is 21.1. The molecule has 110 valence electrons. The number of rotatable bonds is 4. The highest BCUT2D eigenvalue weighted by atomic mass is 16.5. The number of benzene rings is 2. The maximum absolute atomic E-state index is 10.3. The summed E-state index contributed by atoms with van der Waals surface area (Å²) in [6.07, 6.45) is -0.344. The molecule has 1 heterocycles. The van der Waals surface area contributed by atoms with E-state index in [4.69, 9.17) is 4.74 Å². The average Bonchev–Trinajstić information content (AvgIpc) is 2.57. The van der Waals surface area contributed by atoms with Crippen molar-refractivity contribution < 1.29 is 9.84 Å². The zero-order chi connectivity index (χ0) is 14.5. The van der Waals surface area contributed by atoms with E-state index in [1.54, 1.807) is 0 Å². The first-order valence-electron chi connectivity index (χ1n) is 7.45. The fraction of sp³-hybridized carbons (Fsp3) is 0.333. The predicted molar refractivity (Wildman–Crippen MR) is 83.0 cm³/mol. The molecule has 2 unspecified atom stereocenters. The third kappa shape index (κ3) is 3.70. The number of hydrogen-bond acceptors (Lipinski definition) is 3. The van der Waals surface area contributed by atoms with Crippen molar-refractivity contribution in [1.29, 1.82) is 0 Å². The minimum absolute atomic E-state index is 0.0999. The summed E-state index contributed by atoms with van der Waals surface area (Å²) in [6.45, 7) is 3.05. The van der Waals surface area contributed by atoms with E-state index in [1.807, 2.05) is 48.5 Å². The maximum atomic E-state index is 10.3. The zero-order valence-electron chi connectivity index (χ0n) is 12.1. The van der Waals surface area contributed by atoms with Crippen LogP contribution in [0.2, 0.25) is 0 Å². The highest BCUT2D eigenvalue weighted by Gasteiger charge is 2.23. The molecule has 1 saturated heterocycles. The molecule has 2 atom stereocenters. The summed E-state index contributed by atoms with van der Waals surface area (Å²) >= 11 is 0. The van der Waals surface area contributed by atoms with Crippen molar-refractivity contribution in [2.45, 2.75) is 12.2 Å². The molecule has 1 aliphatic heterocycles. The van der Waals surface area contributed by atoms with E-state index in [-0.39, 0.29) is 6.10 Å². The molecule has 1 aliphatic rings. The second-order valence-electron chi connectivity index (χ2n) is 5.46. The lowest BCUT2D eigenvalue weighted by molar-refractivity contribution is -0.0424. The second-order valence-corrected chi connectivity index (χ2v) is 5.46. The second kappa shape index (κ2) is 6.85. The number of aliphatic hydroxyl groups is 1. The van der Waals surface area contributed by atoms with Gasteiger partial charge in [0.2, 0.25) is 0 Å². The molecule has 3 nitrogen and oxygen atoms in total. The van der Waals surface area contributed by atoms with E-state index in [1.165, 1.54) is 5.56 Å². The Morgan fingerprint density at radius 3 is 2.43 bits per heavy atom. The van der Waals surface area contributed by atoms with Gasteiger partial charge in [-0.25, -0.2) is 0 Å². The number of morpholine rings is 1. The van der Waals surface area contributed by atoms with Crippen LogP contribution in [0.4, 0.5) is 0 Å². The standard InChI is InChI=1S/C18H21NO2/c20-17(15-7-3-1-4-8-15)13-19-11-12-21-18(14-19)16-9-5-2-6-10-16/h1-10,17-18,20H,11-14H2. The first-order valence-corrected chi connectivity index (χ1v) is 7.45. The lowest BCUT2D eigenvalue weighted by Crippen LogP contribution is -2.40. The zero-order valence-corrected chi connectivity index (χ0v) is 12.1. The number of ether oxygens (including phenoxy) is 1. The van der Waals surface area contributed by atoms with E-state index in [0.717, 1.165) is 18.7 Å². The molecule has 3 rings (SSSR count). The Labute approximate surface area is 125 Å². The molecule has 0 spiro atoms. The molecule has 3 heteroatoms. The van der Waals surface area contributed by atoms with E-state index in [0.29, 0.717) is 13.2 Å². The van der Waals surface area contributed by atoms with Gasteiger partial charge in [-0.15, -0.1) is 0 Å². The topological polar surface area (TPSA) is 32.7 Å². The number of β-amino-alcohol motifs (C(OH)–C–C–N with tert-alkyl or cyclic N) is 1. The highest BCUT2D eigenvalue weighted by Crippen LogP contribution is 2.23. The summed E-state index contributed by atoms with van der Waals surface area (Å²) in [5.74, 6) is 0. The van der Waals surface area contributed by atoms with Crippen LogP contribution in [0.25, 0.3) is 0 Å². The van der Waals surface area contributed by atoms with Crippen LogP contribution in [0, 0.1) is 0 Å². The van der Waals surface area contributed by atoms with Crippen LogP contribution in [0.1, 0.15) is 23.3 Å². The Balaban J connectivity index is 1.61. The van der Waals surface area contributed by atoms with Crippen LogP contribution in [0.15, 0.2) is 60.7 Å². The molecule has 2 aromatic carbocycles. The van der Waals surface area contributed by atoms with Gasteiger partial charge in [-0.05, 0) is 11.1 Å². The first-order chi connectivity index (χ1) is 10.3. The third-order valence-corrected chi connectivity index (χ3v) is 3.94. The molecule has 1 fully saturated rings. The van der Waals surface area contributed by atoms with Gasteiger partial charge in [0.1, 0.15) is 0 Å². The van der Waals surface area contributed by atoms with Crippen LogP contribution < -0.4 is 0 Å². The lowest BCUT2D eigenvalue weighted by atomic mass is 10.1. The Kier molecular flexibility index (Phi) is 4.65. The lowest BCUT2D eigenvalue weighted by Gasteiger charge is -2.34. The number of nitrogens with zero attached hydrogens (tertiary/aromatic N) is 1. The van der Waals surface area contributed by atoms with Crippen LogP contribution in [0.3, 0.4) is 0 Å². The average molecular weight is 283 g/mol. The Morgan fingerprint density at radius 1 is 1.05 bits per heavy atom. The summed E-state index contributed by atoms with van der Waals surface area (Å²) in [6, 6.07) is 20.1. The highest BCUT2D eigenvalue weighted by molar-refractivity contribution is 5.19. The van der Waals surface area contributed by atoms with Gasteiger partial charge < -0.3 is 9.84 Å². The molecule has 0 radical (unpaired) electrons. The van der Waals surface area contributed by atoms with E-state index < -0.39 is 6.10 Å². The smallest absolute Gasteiger partial charge is 0.0952 e. The summed E-state index contributed by atoms with van der Waals surface area (Å²) < 4.78 is 5.86. The first kappa shape index (κ1) is 14.3. The third-order valence-electron chi connectivity index (χ3n) is 3.94. The fourth-order valence-electron chi connectivity index (χ4n) is 2.76. The molecule has 0 amide bonds. The van der Waals surface area contributed by atoms with Gasteiger partial charge in [0.05, 0.1) is 18.8 Å². The Bertz CT molecular complexity index is 542. The van der Waals surface area contributed by atoms with Crippen LogP contribution in [0.5, 0.6) is 0 Å². The minimum Gasteiger partial charge on any atom is -0.387 e. The van der Waals surface area contributed by atoms with Gasteiger partial charge in [0.25, 0.3) is 0 Å². The van der Waals surface area contributed by atoms with Crippen molar-refractivity contribution in [3.05, 3.63) is 71.8 Å². The molecular weight excluding hydrogens is 262 g/mol. The molecule has 2 aromatic rings. The monoisotopic (exact) mass is 283 g/mol. The molecule has 0 aromatic heterocycles. The molecule has 0 bridgehead atoms. The summed E-state index contributed by atoms with van der Waals surface area (Å²) in [5, 5.41) is 10.3. The van der Waals surface area contributed by atoms with Gasteiger partial charge >= 0.3 is 0 Å². The van der Waals surface area contributed by atoms with E-state index in [2.05, 4.69) is 17.0 Å². The summed E-state index contributed by atoms with van der Waals surface area (Å²) in [4.78, 5) is 2.28. The van der Waals surface area contributed by atoms with Gasteiger partial charge in [-0.1, -0.05) is 60.7 Å². The van der Waals surface area contributed by atoms with Crippen LogP contribution >= 0.6 is 0 Å². The van der Waals surface area contributed by atoms with Crippen LogP contribution in [-0.4, -0.2) is 36.2 Å². The minimum atomic E-state index is -0.444.